The van der Waals surface area contributed by atoms with Gasteiger partial charge in [-0.3, -0.25) is 0 Å². The molecule has 0 amide bonds. The summed E-state index contributed by atoms with van der Waals surface area (Å²) in [6, 6.07) is 1.29. The maximum Gasteiger partial charge on any atom is 0.348 e. The van der Waals surface area contributed by atoms with E-state index in [1.807, 2.05) is 0 Å². The first-order valence-corrected chi connectivity index (χ1v) is 8.76. The van der Waals surface area contributed by atoms with Crippen molar-refractivity contribution in [3.8, 4) is 0 Å². The maximum absolute atomic E-state index is 11.8. The lowest BCUT2D eigenvalue weighted by Crippen LogP contribution is -2.13. The number of ether oxygens (including phenoxy) is 1. The monoisotopic (exact) mass is 308 g/mol. The van der Waals surface area contributed by atoms with E-state index < -0.39 is 15.0 Å². The van der Waals surface area contributed by atoms with E-state index in [2.05, 4.69) is 0 Å². The number of hydrogen-bond acceptors (Lipinski definition) is 5. The molecule has 0 spiro atoms. The molecule has 1 aromatic heterocycles. The molecule has 2 rings (SSSR count). The summed E-state index contributed by atoms with van der Waals surface area (Å²) in [6.07, 6.45) is 3.88. The van der Waals surface area contributed by atoms with Crippen molar-refractivity contribution in [3.05, 3.63) is 15.8 Å². The second-order valence-electron chi connectivity index (χ2n) is 4.28. The largest absolute Gasteiger partial charge is 0.458 e. The fourth-order valence-corrected chi connectivity index (χ4v) is 4.57. The lowest BCUT2D eigenvalue weighted by molar-refractivity contribution is 0.0323. The molecule has 0 unspecified atom stereocenters. The fraction of sp³-hybridized carbons (Fsp3) is 0.545. The first-order chi connectivity index (χ1) is 8.38. The topological polar surface area (TPSA) is 60.4 Å². The summed E-state index contributed by atoms with van der Waals surface area (Å²) in [4.78, 5) is 12.6. The van der Waals surface area contributed by atoms with Crippen LogP contribution in [0.3, 0.4) is 0 Å². The molecule has 0 bridgehead atoms. The van der Waals surface area contributed by atoms with Crippen LogP contribution in [0.2, 0.25) is 0 Å². The average Bonchev–Trinajstić information content (AvgIpc) is 2.85. The highest BCUT2D eigenvalue weighted by molar-refractivity contribution is 8.13. The van der Waals surface area contributed by atoms with Crippen LogP contribution in [0.5, 0.6) is 0 Å². The molecule has 0 aliphatic heterocycles. The van der Waals surface area contributed by atoms with Crippen LogP contribution in [0.1, 0.15) is 40.2 Å². The van der Waals surface area contributed by atoms with E-state index >= 15 is 0 Å². The van der Waals surface area contributed by atoms with E-state index in [1.54, 1.807) is 6.92 Å². The number of carbonyl (C=O) groups is 1. The Morgan fingerprint density at radius 1 is 1.44 bits per heavy atom. The van der Waals surface area contributed by atoms with Gasteiger partial charge in [0.05, 0.1) is 4.90 Å². The normalized spacial score (nSPS) is 17.0. The summed E-state index contributed by atoms with van der Waals surface area (Å²) < 4.78 is 27.8. The van der Waals surface area contributed by atoms with Gasteiger partial charge in [0, 0.05) is 15.6 Å². The van der Waals surface area contributed by atoms with Gasteiger partial charge < -0.3 is 4.74 Å². The highest BCUT2D eigenvalue weighted by Gasteiger charge is 2.24. The zero-order chi connectivity index (χ0) is 13.3. The van der Waals surface area contributed by atoms with Crippen LogP contribution in [0.15, 0.2) is 11.0 Å². The minimum absolute atomic E-state index is 0.00691. The SMILES string of the molecule is Cc1sc(C(=O)OC2CCCC2)cc1S(=O)(=O)Cl. The summed E-state index contributed by atoms with van der Waals surface area (Å²) >= 11 is 1.09. The number of thiophene rings is 1. The van der Waals surface area contributed by atoms with Crippen molar-refractivity contribution in [2.45, 2.75) is 43.6 Å². The third-order valence-electron chi connectivity index (χ3n) is 2.91. The molecule has 0 saturated heterocycles. The smallest absolute Gasteiger partial charge is 0.348 e. The number of esters is 1. The number of hydrogen-bond donors (Lipinski definition) is 0. The molecule has 7 heteroatoms. The standard InChI is InChI=1S/C11H13ClO4S2/c1-7-10(18(12,14)15)6-9(17-7)11(13)16-8-4-2-3-5-8/h6,8H,2-5H2,1H3. The minimum Gasteiger partial charge on any atom is -0.458 e. The predicted octanol–water partition coefficient (Wildman–Crippen LogP) is 3.08. The van der Waals surface area contributed by atoms with E-state index in [1.165, 1.54) is 6.07 Å². The molecular weight excluding hydrogens is 296 g/mol. The Kier molecular flexibility index (Phi) is 3.99. The molecular formula is C11H13ClO4S2. The number of halogens is 1. The van der Waals surface area contributed by atoms with Crippen molar-refractivity contribution in [2.75, 3.05) is 0 Å². The second kappa shape index (κ2) is 5.19. The van der Waals surface area contributed by atoms with Gasteiger partial charge in [0.15, 0.2) is 0 Å². The van der Waals surface area contributed by atoms with Gasteiger partial charge in [-0.05, 0) is 38.7 Å². The van der Waals surface area contributed by atoms with E-state index in [0.29, 0.717) is 9.75 Å². The van der Waals surface area contributed by atoms with Gasteiger partial charge in [0.25, 0.3) is 9.05 Å². The maximum atomic E-state index is 11.8. The summed E-state index contributed by atoms with van der Waals surface area (Å²) in [6.45, 7) is 1.62. The fourth-order valence-electron chi connectivity index (χ4n) is 2.02. The Labute approximate surface area is 114 Å². The molecule has 100 valence electrons. The van der Waals surface area contributed by atoms with Crippen LogP contribution < -0.4 is 0 Å². The molecule has 1 saturated carbocycles. The van der Waals surface area contributed by atoms with Crippen LogP contribution in [0, 0.1) is 6.92 Å². The first-order valence-electron chi connectivity index (χ1n) is 5.64. The Balaban J connectivity index is 2.16. The van der Waals surface area contributed by atoms with Crippen LogP contribution in [-0.2, 0) is 13.8 Å². The summed E-state index contributed by atoms with van der Waals surface area (Å²) in [5, 5.41) is 0. The van der Waals surface area contributed by atoms with Crippen LogP contribution in [-0.4, -0.2) is 20.5 Å². The molecule has 0 aromatic carbocycles. The number of aryl methyl sites for hydroxylation is 1. The molecule has 1 fully saturated rings. The van der Waals surface area contributed by atoms with Gasteiger partial charge in [-0.2, -0.15) is 0 Å². The van der Waals surface area contributed by atoms with E-state index in [-0.39, 0.29) is 11.0 Å². The molecule has 1 aliphatic carbocycles. The molecule has 1 aliphatic rings. The molecule has 0 radical (unpaired) electrons. The quantitative estimate of drug-likeness (QED) is 0.636. The number of rotatable bonds is 3. The lowest BCUT2D eigenvalue weighted by atomic mass is 10.3. The van der Waals surface area contributed by atoms with Gasteiger partial charge in [-0.1, -0.05) is 0 Å². The minimum atomic E-state index is -3.80. The Hall–Kier alpha value is -0.590. The van der Waals surface area contributed by atoms with Gasteiger partial charge >= 0.3 is 5.97 Å². The van der Waals surface area contributed by atoms with Gasteiger partial charge in [0.1, 0.15) is 11.0 Å². The van der Waals surface area contributed by atoms with Crippen LogP contribution >= 0.6 is 22.0 Å². The van der Waals surface area contributed by atoms with Gasteiger partial charge in [-0.15, -0.1) is 11.3 Å². The summed E-state index contributed by atoms with van der Waals surface area (Å²) in [7, 11) is 1.48. The van der Waals surface area contributed by atoms with Gasteiger partial charge in [-0.25, -0.2) is 13.2 Å². The first kappa shape index (κ1) is 13.8. The lowest BCUT2D eigenvalue weighted by Gasteiger charge is -2.09. The molecule has 1 heterocycles. The van der Waals surface area contributed by atoms with E-state index in [4.69, 9.17) is 15.4 Å². The van der Waals surface area contributed by atoms with Crippen molar-refractivity contribution >= 4 is 37.0 Å². The summed E-state index contributed by atoms with van der Waals surface area (Å²) in [5.41, 5.74) is 0. The Morgan fingerprint density at radius 3 is 2.56 bits per heavy atom. The third kappa shape index (κ3) is 3.05. The number of carbonyl (C=O) groups excluding carboxylic acids is 1. The zero-order valence-electron chi connectivity index (χ0n) is 9.81. The molecule has 0 atom stereocenters. The van der Waals surface area contributed by atoms with E-state index in [9.17, 15) is 13.2 Å². The molecule has 4 nitrogen and oxygen atoms in total. The van der Waals surface area contributed by atoms with Crippen LogP contribution in [0.4, 0.5) is 0 Å². The zero-order valence-corrected chi connectivity index (χ0v) is 12.2. The van der Waals surface area contributed by atoms with E-state index in [0.717, 1.165) is 37.0 Å². The van der Waals surface area contributed by atoms with Crippen molar-refractivity contribution in [1.82, 2.24) is 0 Å². The predicted molar refractivity (Wildman–Crippen MR) is 69.8 cm³/mol. The Morgan fingerprint density at radius 2 is 2.06 bits per heavy atom. The van der Waals surface area contributed by atoms with Crippen molar-refractivity contribution in [2.24, 2.45) is 0 Å². The summed E-state index contributed by atoms with van der Waals surface area (Å²) in [5.74, 6) is -0.457. The van der Waals surface area contributed by atoms with Crippen molar-refractivity contribution in [1.29, 1.82) is 0 Å². The molecule has 1 aromatic rings. The highest BCUT2D eigenvalue weighted by Crippen LogP contribution is 2.30. The Bertz CT molecular complexity index is 556. The second-order valence-corrected chi connectivity index (χ2v) is 8.07. The molecule has 0 N–H and O–H groups in total. The van der Waals surface area contributed by atoms with Crippen molar-refractivity contribution < 1.29 is 17.9 Å². The van der Waals surface area contributed by atoms with Gasteiger partial charge in [0.2, 0.25) is 0 Å². The third-order valence-corrected chi connectivity index (χ3v) is 5.52. The average molecular weight is 309 g/mol. The molecule has 18 heavy (non-hydrogen) atoms. The van der Waals surface area contributed by atoms with Crippen LogP contribution in [0.25, 0.3) is 0 Å². The van der Waals surface area contributed by atoms with Crippen molar-refractivity contribution in [3.63, 3.8) is 0 Å². The highest BCUT2D eigenvalue weighted by atomic mass is 35.7.